The number of hydrogen-bond donors (Lipinski definition) is 0. The van der Waals surface area contributed by atoms with Gasteiger partial charge in [-0.3, -0.25) is 0 Å². The van der Waals surface area contributed by atoms with Crippen LogP contribution in [0.5, 0.6) is 0 Å². The molecule has 11 rings (SSSR count). The lowest BCUT2D eigenvalue weighted by atomic mass is 9.86. The highest BCUT2D eigenvalue weighted by molar-refractivity contribution is 6.26. The van der Waals surface area contributed by atoms with Crippen LogP contribution in [-0.4, -0.2) is 13.7 Å². The summed E-state index contributed by atoms with van der Waals surface area (Å²) in [5, 5.41) is 7.51. The molecule has 3 nitrogen and oxygen atoms in total. The Morgan fingerprint density at radius 1 is 0.327 bits per heavy atom. The molecule has 0 radical (unpaired) electrons. The molecule has 0 saturated heterocycles. The van der Waals surface area contributed by atoms with Gasteiger partial charge in [-0.25, -0.2) is 0 Å². The maximum Gasteiger partial charge on any atom is 0.0641 e. The Kier molecular flexibility index (Phi) is 6.81. The summed E-state index contributed by atoms with van der Waals surface area (Å²) < 4.78 is 7.33. The predicted molar refractivity (Wildman–Crippen MR) is 234 cm³/mol. The zero-order valence-electron chi connectivity index (χ0n) is 31.2. The summed E-state index contributed by atoms with van der Waals surface area (Å²) in [5.41, 5.74) is 14.7. The summed E-state index contributed by atoms with van der Waals surface area (Å²) in [6.07, 6.45) is 0. The largest absolute Gasteiger partial charge is 0.309 e. The molecule has 0 unspecified atom stereocenters. The van der Waals surface area contributed by atoms with E-state index < -0.39 is 0 Å². The van der Waals surface area contributed by atoms with Crippen molar-refractivity contribution in [2.24, 2.45) is 0 Å². The van der Waals surface area contributed by atoms with E-state index in [1.54, 1.807) is 0 Å². The third kappa shape index (κ3) is 4.76. The lowest BCUT2D eigenvalue weighted by Gasteiger charge is -2.19. The molecule has 0 N–H and O–H groups in total. The highest BCUT2D eigenvalue weighted by atomic mass is 15.0. The Labute approximate surface area is 319 Å². The maximum absolute atomic E-state index is 2.50. The molecule has 0 spiro atoms. The van der Waals surface area contributed by atoms with E-state index in [0.29, 0.717) is 0 Å². The quantitative estimate of drug-likeness (QED) is 0.173. The topological polar surface area (TPSA) is 14.8 Å². The average Bonchev–Trinajstić information content (AvgIpc) is 3.86. The monoisotopic (exact) mass is 705 g/mol. The fourth-order valence-electron chi connectivity index (χ4n) is 8.98. The van der Waals surface area contributed by atoms with Crippen LogP contribution in [0.15, 0.2) is 182 Å². The normalized spacial score (nSPS) is 12.3. The molecule has 0 fully saturated rings. The third-order valence-electron chi connectivity index (χ3n) is 11.6. The minimum absolute atomic E-state index is 0.134. The number of nitrogens with zero attached hydrogens (tertiary/aromatic N) is 3. The number of para-hydroxylation sites is 4. The second-order valence-corrected chi connectivity index (χ2v) is 15.8. The molecular weight excluding hydrogens is 667 g/mol. The second kappa shape index (κ2) is 11.8. The highest BCUT2D eigenvalue weighted by Gasteiger charge is 2.22. The third-order valence-corrected chi connectivity index (χ3v) is 11.6. The summed E-state index contributed by atoms with van der Waals surface area (Å²) in [5.74, 6) is 0. The van der Waals surface area contributed by atoms with Crippen LogP contribution in [0.25, 0.3) is 93.6 Å². The minimum atomic E-state index is 0.134. The molecular formula is C52H39N3. The van der Waals surface area contributed by atoms with Gasteiger partial charge in [0.2, 0.25) is 0 Å². The molecule has 55 heavy (non-hydrogen) atoms. The molecule has 0 saturated carbocycles. The van der Waals surface area contributed by atoms with Crippen LogP contribution in [0.1, 0.15) is 26.3 Å². The number of rotatable bonds is 4. The van der Waals surface area contributed by atoms with Gasteiger partial charge in [-0.1, -0.05) is 136 Å². The summed E-state index contributed by atoms with van der Waals surface area (Å²) in [6, 6.07) is 67.0. The molecule has 0 atom stereocenters. The number of aromatic nitrogens is 3. The first-order valence-corrected chi connectivity index (χ1v) is 19.2. The molecule has 262 valence electrons. The predicted octanol–water partition coefficient (Wildman–Crippen LogP) is 13.9. The van der Waals surface area contributed by atoms with Crippen molar-refractivity contribution >= 4 is 65.4 Å². The number of benzene rings is 8. The molecule has 11 aromatic rings. The van der Waals surface area contributed by atoms with Crippen molar-refractivity contribution in [3.05, 3.63) is 188 Å². The van der Waals surface area contributed by atoms with E-state index in [-0.39, 0.29) is 5.41 Å². The highest BCUT2D eigenvalue weighted by Crippen LogP contribution is 2.43. The second-order valence-electron chi connectivity index (χ2n) is 15.8. The van der Waals surface area contributed by atoms with E-state index in [9.17, 15) is 0 Å². The first-order chi connectivity index (χ1) is 26.9. The van der Waals surface area contributed by atoms with E-state index in [0.717, 1.165) is 17.1 Å². The van der Waals surface area contributed by atoms with Crippen molar-refractivity contribution in [1.29, 1.82) is 0 Å². The van der Waals surface area contributed by atoms with Gasteiger partial charge in [-0.05, 0) is 88.8 Å². The first-order valence-electron chi connectivity index (χ1n) is 19.2. The maximum atomic E-state index is 2.50. The van der Waals surface area contributed by atoms with Gasteiger partial charge in [0.05, 0.1) is 33.1 Å². The van der Waals surface area contributed by atoms with E-state index in [4.69, 9.17) is 0 Å². The Bertz CT molecular complexity index is 3260. The van der Waals surface area contributed by atoms with Gasteiger partial charge in [0.25, 0.3) is 0 Å². The van der Waals surface area contributed by atoms with E-state index in [1.807, 2.05) is 0 Å². The molecule has 0 aliphatic rings. The van der Waals surface area contributed by atoms with Crippen LogP contribution in [-0.2, 0) is 5.41 Å². The molecule has 3 heterocycles. The van der Waals surface area contributed by atoms with Crippen LogP contribution in [0.2, 0.25) is 0 Å². The van der Waals surface area contributed by atoms with E-state index >= 15 is 0 Å². The SMILES string of the molecule is CC(C)(C)c1ccc(-c2ccc(-n3c4ccccc4c4cc(-n5c6ccccc6c6ccc7c(c8ccccc8n7-c7ccccc7)c65)ccc43)cc2)cc1. The molecule has 3 aromatic heterocycles. The van der Waals surface area contributed by atoms with Gasteiger partial charge >= 0.3 is 0 Å². The van der Waals surface area contributed by atoms with Crippen LogP contribution in [0.4, 0.5) is 0 Å². The smallest absolute Gasteiger partial charge is 0.0641 e. The lowest BCUT2D eigenvalue weighted by molar-refractivity contribution is 0.590. The lowest BCUT2D eigenvalue weighted by Crippen LogP contribution is -2.10. The van der Waals surface area contributed by atoms with Gasteiger partial charge in [-0.15, -0.1) is 0 Å². The fraction of sp³-hybridized carbons (Fsp3) is 0.0769. The van der Waals surface area contributed by atoms with Crippen LogP contribution in [0, 0.1) is 0 Å². The van der Waals surface area contributed by atoms with Gasteiger partial charge in [0, 0.05) is 49.4 Å². The van der Waals surface area contributed by atoms with E-state index in [2.05, 4.69) is 216 Å². The average molecular weight is 706 g/mol. The van der Waals surface area contributed by atoms with E-state index in [1.165, 1.54) is 82.1 Å². The molecule has 8 aromatic carbocycles. The minimum Gasteiger partial charge on any atom is -0.309 e. The molecule has 3 heteroatoms. The van der Waals surface area contributed by atoms with Crippen molar-refractivity contribution in [1.82, 2.24) is 13.7 Å². The summed E-state index contributed by atoms with van der Waals surface area (Å²) in [4.78, 5) is 0. The summed E-state index contributed by atoms with van der Waals surface area (Å²) >= 11 is 0. The Morgan fingerprint density at radius 2 is 0.800 bits per heavy atom. The van der Waals surface area contributed by atoms with Gasteiger partial charge in [0.15, 0.2) is 0 Å². The van der Waals surface area contributed by atoms with Gasteiger partial charge in [-0.2, -0.15) is 0 Å². The van der Waals surface area contributed by atoms with Crippen molar-refractivity contribution in [2.75, 3.05) is 0 Å². The van der Waals surface area contributed by atoms with Gasteiger partial charge < -0.3 is 13.7 Å². The number of hydrogen-bond acceptors (Lipinski definition) is 0. The van der Waals surface area contributed by atoms with Crippen molar-refractivity contribution in [2.45, 2.75) is 26.2 Å². The number of fused-ring (bicyclic) bond motifs is 10. The Hall–Kier alpha value is -6.84. The van der Waals surface area contributed by atoms with Crippen LogP contribution < -0.4 is 0 Å². The van der Waals surface area contributed by atoms with Crippen LogP contribution >= 0.6 is 0 Å². The summed E-state index contributed by atoms with van der Waals surface area (Å²) in [7, 11) is 0. The van der Waals surface area contributed by atoms with Crippen molar-refractivity contribution < 1.29 is 0 Å². The standard InChI is InChI=1S/C52H39N3/c1-52(2,3)36-25-21-34(22-26-36)35-23-27-38(28-24-35)53-45-18-10-8-16-41(45)44-33-39(29-31-48(44)53)55-46-19-11-7-15-40(46)42-30-32-49-50(51(42)55)43-17-9-12-20-47(43)54(49)37-13-5-4-6-14-37/h4-33H,1-3H3. The Balaban J connectivity index is 1.13. The zero-order valence-corrected chi connectivity index (χ0v) is 31.2. The first kappa shape index (κ1) is 31.7. The van der Waals surface area contributed by atoms with Crippen molar-refractivity contribution in [3.8, 4) is 28.2 Å². The summed E-state index contributed by atoms with van der Waals surface area (Å²) in [6.45, 7) is 6.79. The molecule has 0 bridgehead atoms. The fourth-order valence-corrected chi connectivity index (χ4v) is 8.98. The zero-order chi connectivity index (χ0) is 36.8. The van der Waals surface area contributed by atoms with Crippen molar-refractivity contribution in [3.63, 3.8) is 0 Å². The molecule has 0 amide bonds. The van der Waals surface area contributed by atoms with Crippen LogP contribution in [0.3, 0.4) is 0 Å². The van der Waals surface area contributed by atoms with Gasteiger partial charge in [0.1, 0.15) is 0 Å². The Morgan fingerprint density at radius 3 is 1.47 bits per heavy atom. The molecule has 0 aliphatic heterocycles. The molecule has 0 aliphatic carbocycles.